The number of aryl methyl sites for hydroxylation is 1. The molecule has 1 radical (unpaired) electrons. The zero-order chi connectivity index (χ0) is 14.4. The Morgan fingerprint density at radius 2 is 1.85 bits per heavy atom. The average Bonchev–Trinajstić information content (AvgIpc) is 2.46. The van der Waals surface area contributed by atoms with Crippen LogP contribution < -0.4 is 4.74 Å². The van der Waals surface area contributed by atoms with Crippen molar-refractivity contribution in [3.63, 3.8) is 0 Å². The number of ether oxygens (including phenoxy) is 1. The fourth-order valence-corrected chi connectivity index (χ4v) is 1.88. The summed E-state index contributed by atoms with van der Waals surface area (Å²) in [6.45, 7) is 2.10. The molecule has 2 rings (SSSR count). The number of benzene rings is 2. The molecular formula is C17H17F2O. The van der Waals surface area contributed by atoms with Gasteiger partial charge in [0.05, 0.1) is 5.56 Å². The molecule has 0 fully saturated rings. The van der Waals surface area contributed by atoms with Gasteiger partial charge in [0.2, 0.25) is 0 Å². The zero-order valence-corrected chi connectivity index (χ0v) is 11.4. The van der Waals surface area contributed by atoms with Crippen LogP contribution in [0.1, 0.15) is 30.9 Å². The summed E-state index contributed by atoms with van der Waals surface area (Å²) in [5.41, 5.74) is 0.924. The van der Waals surface area contributed by atoms with Gasteiger partial charge in [-0.2, -0.15) is 8.78 Å². The van der Waals surface area contributed by atoms with Crippen molar-refractivity contribution in [2.24, 2.45) is 0 Å². The van der Waals surface area contributed by atoms with Crippen LogP contribution in [-0.4, -0.2) is 0 Å². The minimum Gasteiger partial charge on any atom is -0.428 e. The van der Waals surface area contributed by atoms with Gasteiger partial charge in [0, 0.05) is 6.07 Å². The Morgan fingerprint density at radius 3 is 2.45 bits per heavy atom. The zero-order valence-electron chi connectivity index (χ0n) is 11.4. The van der Waals surface area contributed by atoms with Gasteiger partial charge in [-0.1, -0.05) is 43.7 Å². The van der Waals surface area contributed by atoms with Gasteiger partial charge in [0.1, 0.15) is 5.75 Å². The number of hydrogen-bond donors (Lipinski definition) is 0. The maximum absolute atomic E-state index is 14.0. The first-order chi connectivity index (χ1) is 9.62. The number of alkyl halides is 2. The minimum absolute atomic E-state index is 0.0348. The molecule has 0 bridgehead atoms. The molecular weight excluding hydrogens is 258 g/mol. The van der Waals surface area contributed by atoms with E-state index in [-0.39, 0.29) is 11.3 Å². The van der Waals surface area contributed by atoms with Gasteiger partial charge >= 0.3 is 6.11 Å². The normalized spacial score (nSPS) is 11.3. The van der Waals surface area contributed by atoms with Gasteiger partial charge < -0.3 is 4.74 Å². The molecule has 0 aromatic heterocycles. The van der Waals surface area contributed by atoms with E-state index in [9.17, 15) is 8.78 Å². The molecule has 20 heavy (non-hydrogen) atoms. The summed E-state index contributed by atoms with van der Waals surface area (Å²) >= 11 is 0. The Hall–Kier alpha value is -1.90. The maximum atomic E-state index is 14.0. The largest absolute Gasteiger partial charge is 0.428 e. The molecule has 0 aliphatic carbocycles. The van der Waals surface area contributed by atoms with Crippen LogP contribution in [0.4, 0.5) is 8.78 Å². The summed E-state index contributed by atoms with van der Waals surface area (Å²) in [4.78, 5) is 0. The highest BCUT2D eigenvalue weighted by molar-refractivity contribution is 5.27. The lowest BCUT2D eigenvalue weighted by atomic mass is 10.1. The van der Waals surface area contributed by atoms with Crippen LogP contribution in [0.5, 0.6) is 5.75 Å². The summed E-state index contributed by atoms with van der Waals surface area (Å²) < 4.78 is 32.7. The molecule has 0 atom stereocenters. The van der Waals surface area contributed by atoms with E-state index in [2.05, 4.69) is 13.0 Å². The third kappa shape index (κ3) is 3.80. The third-order valence-electron chi connectivity index (χ3n) is 3.03. The van der Waals surface area contributed by atoms with Crippen LogP contribution >= 0.6 is 0 Å². The van der Waals surface area contributed by atoms with Gasteiger partial charge in [0.25, 0.3) is 0 Å². The highest BCUT2D eigenvalue weighted by Crippen LogP contribution is 2.31. The van der Waals surface area contributed by atoms with E-state index in [0.29, 0.717) is 0 Å². The summed E-state index contributed by atoms with van der Waals surface area (Å²) in [6, 6.07) is 15.3. The molecule has 0 N–H and O–H groups in total. The topological polar surface area (TPSA) is 9.23 Å². The van der Waals surface area contributed by atoms with Crippen LogP contribution in [0.3, 0.4) is 0 Å². The second-order valence-electron chi connectivity index (χ2n) is 4.65. The summed E-state index contributed by atoms with van der Waals surface area (Å²) in [7, 11) is 0. The van der Waals surface area contributed by atoms with Gasteiger partial charge in [0.15, 0.2) is 0 Å². The molecule has 0 heterocycles. The molecule has 3 heteroatoms. The Morgan fingerprint density at radius 1 is 1.10 bits per heavy atom. The van der Waals surface area contributed by atoms with Crippen LogP contribution in [0, 0.1) is 6.07 Å². The first-order valence-electron chi connectivity index (χ1n) is 6.75. The molecule has 1 nitrogen and oxygen atoms in total. The molecule has 0 aliphatic heterocycles. The SMILES string of the molecule is CCCCc1ccc(C(F)(F)Oc2[c]cccc2)cc1. The highest BCUT2D eigenvalue weighted by atomic mass is 19.3. The average molecular weight is 275 g/mol. The second-order valence-corrected chi connectivity index (χ2v) is 4.65. The first-order valence-corrected chi connectivity index (χ1v) is 6.75. The van der Waals surface area contributed by atoms with Crippen LogP contribution in [0.15, 0.2) is 48.5 Å². The number of para-hydroxylation sites is 1. The van der Waals surface area contributed by atoms with Crippen molar-refractivity contribution < 1.29 is 13.5 Å². The molecule has 0 amide bonds. The molecule has 0 saturated carbocycles. The minimum atomic E-state index is -3.35. The molecule has 2 aromatic carbocycles. The van der Waals surface area contributed by atoms with Gasteiger partial charge in [-0.25, -0.2) is 0 Å². The van der Waals surface area contributed by atoms with Crippen molar-refractivity contribution in [1.29, 1.82) is 0 Å². The monoisotopic (exact) mass is 275 g/mol. The summed E-state index contributed by atoms with van der Waals surface area (Å²) in [6.07, 6.45) is -0.285. The predicted octanol–water partition coefficient (Wildman–Crippen LogP) is 4.96. The van der Waals surface area contributed by atoms with Crippen molar-refractivity contribution in [1.82, 2.24) is 0 Å². The fraction of sp³-hybridized carbons (Fsp3) is 0.294. The number of unbranched alkanes of at least 4 members (excludes halogenated alkanes) is 1. The van der Waals surface area contributed by atoms with Crippen molar-refractivity contribution in [2.75, 3.05) is 0 Å². The van der Waals surface area contributed by atoms with E-state index in [1.807, 2.05) is 0 Å². The molecule has 0 spiro atoms. The third-order valence-corrected chi connectivity index (χ3v) is 3.03. The van der Waals surface area contributed by atoms with E-state index in [4.69, 9.17) is 4.74 Å². The van der Waals surface area contributed by atoms with E-state index in [0.717, 1.165) is 24.8 Å². The molecule has 2 aromatic rings. The maximum Gasteiger partial charge on any atom is 0.426 e. The van der Waals surface area contributed by atoms with Crippen LogP contribution in [-0.2, 0) is 12.5 Å². The van der Waals surface area contributed by atoms with E-state index in [1.54, 1.807) is 30.3 Å². The number of halogens is 2. The quantitative estimate of drug-likeness (QED) is 0.724. The van der Waals surface area contributed by atoms with Crippen molar-refractivity contribution in [3.05, 3.63) is 65.7 Å². The smallest absolute Gasteiger partial charge is 0.426 e. The molecule has 0 aliphatic rings. The fourth-order valence-electron chi connectivity index (χ4n) is 1.88. The Bertz CT molecular complexity index is 520. The highest BCUT2D eigenvalue weighted by Gasteiger charge is 2.34. The lowest BCUT2D eigenvalue weighted by Gasteiger charge is -2.18. The number of hydrogen-bond acceptors (Lipinski definition) is 1. The van der Waals surface area contributed by atoms with Crippen molar-refractivity contribution in [3.8, 4) is 5.75 Å². The standard InChI is InChI=1S/C17H17F2O/c1-2-3-7-14-10-12-15(13-11-14)17(18,19)20-16-8-5-4-6-9-16/h4-6,8,10-13H,2-3,7H2,1H3. The molecule has 105 valence electrons. The number of rotatable bonds is 6. The lowest BCUT2D eigenvalue weighted by molar-refractivity contribution is -0.185. The summed E-state index contributed by atoms with van der Waals surface area (Å²) in [5.74, 6) is 0.0348. The molecule has 0 saturated heterocycles. The Balaban J connectivity index is 2.09. The Kier molecular flexibility index (Phi) is 4.72. The van der Waals surface area contributed by atoms with Crippen molar-refractivity contribution >= 4 is 0 Å². The lowest BCUT2D eigenvalue weighted by Crippen LogP contribution is -2.21. The van der Waals surface area contributed by atoms with Gasteiger partial charge in [-0.3, -0.25) is 0 Å². The van der Waals surface area contributed by atoms with Crippen molar-refractivity contribution in [2.45, 2.75) is 32.3 Å². The van der Waals surface area contributed by atoms with Crippen LogP contribution in [0.25, 0.3) is 0 Å². The van der Waals surface area contributed by atoms with E-state index in [1.165, 1.54) is 18.2 Å². The van der Waals surface area contributed by atoms with Gasteiger partial charge in [-0.15, -0.1) is 0 Å². The van der Waals surface area contributed by atoms with Gasteiger partial charge in [-0.05, 0) is 36.6 Å². The second kappa shape index (κ2) is 6.51. The van der Waals surface area contributed by atoms with E-state index >= 15 is 0 Å². The Labute approximate surface area is 118 Å². The first kappa shape index (κ1) is 14.5. The molecule has 0 unspecified atom stereocenters. The van der Waals surface area contributed by atoms with E-state index < -0.39 is 6.11 Å². The van der Waals surface area contributed by atoms with Crippen LogP contribution in [0.2, 0.25) is 0 Å². The summed E-state index contributed by atoms with van der Waals surface area (Å²) in [5, 5.41) is 0. The predicted molar refractivity (Wildman–Crippen MR) is 74.9 cm³/mol.